The summed E-state index contributed by atoms with van der Waals surface area (Å²) in [6.45, 7) is 2.97. The van der Waals surface area contributed by atoms with Gasteiger partial charge in [0.15, 0.2) is 0 Å². The second kappa shape index (κ2) is 8.33. The average molecular weight is 361 g/mol. The van der Waals surface area contributed by atoms with Crippen LogP contribution in [0, 0.1) is 5.92 Å². The zero-order valence-electron chi connectivity index (χ0n) is 15.3. The number of amides is 3. The fourth-order valence-electron chi connectivity index (χ4n) is 3.62. The topological polar surface area (TPSA) is 87.5 Å². The molecule has 2 saturated heterocycles. The number of aromatic nitrogens is 2. The molecule has 26 heavy (non-hydrogen) atoms. The van der Waals surface area contributed by atoms with Crippen molar-refractivity contribution in [1.82, 2.24) is 24.7 Å². The Balaban J connectivity index is 1.44. The van der Waals surface area contributed by atoms with E-state index in [0.717, 1.165) is 25.2 Å². The Kier molecular flexibility index (Phi) is 5.90. The molecule has 1 aromatic rings. The van der Waals surface area contributed by atoms with Gasteiger partial charge in [-0.3, -0.25) is 14.4 Å². The van der Waals surface area contributed by atoms with Crippen molar-refractivity contribution in [1.29, 1.82) is 0 Å². The van der Waals surface area contributed by atoms with Crippen molar-refractivity contribution in [2.75, 3.05) is 26.2 Å². The maximum absolute atomic E-state index is 12.4. The summed E-state index contributed by atoms with van der Waals surface area (Å²) in [5.41, 5.74) is 0. The van der Waals surface area contributed by atoms with E-state index in [4.69, 9.17) is 0 Å². The summed E-state index contributed by atoms with van der Waals surface area (Å²) in [7, 11) is 1.89. The van der Waals surface area contributed by atoms with Crippen molar-refractivity contribution in [2.24, 2.45) is 13.0 Å². The van der Waals surface area contributed by atoms with E-state index in [9.17, 15) is 14.4 Å². The van der Waals surface area contributed by atoms with Crippen molar-refractivity contribution in [3.05, 3.63) is 18.2 Å². The average Bonchev–Trinajstić information content (AvgIpc) is 3.22. The van der Waals surface area contributed by atoms with E-state index >= 15 is 0 Å². The zero-order valence-corrected chi connectivity index (χ0v) is 15.3. The Morgan fingerprint density at radius 3 is 2.69 bits per heavy atom. The van der Waals surface area contributed by atoms with Gasteiger partial charge in [-0.15, -0.1) is 0 Å². The highest BCUT2D eigenvalue weighted by atomic mass is 16.2. The molecule has 8 heteroatoms. The summed E-state index contributed by atoms with van der Waals surface area (Å²) >= 11 is 0. The van der Waals surface area contributed by atoms with E-state index in [1.807, 2.05) is 22.7 Å². The van der Waals surface area contributed by atoms with Gasteiger partial charge in [-0.25, -0.2) is 4.98 Å². The molecule has 0 saturated carbocycles. The molecule has 2 aliphatic rings. The highest BCUT2D eigenvalue weighted by Gasteiger charge is 2.30. The van der Waals surface area contributed by atoms with Crippen LogP contribution in [0.25, 0.3) is 0 Å². The molecule has 3 amide bonds. The first-order valence-corrected chi connectivity index (χ1v) is 9.34. The van der Waals surface area contributed by atoms with Gasteiger partial charge in [-0.1, -0.05) is 0 Å². The Morgan fingerprint density at radius 1 is 1.23 bits per heavy atom. The molecule has 1 aromatic heterocycles. The van der Waals surface area contributed by atoms with Gasteiger partial charge in [-0.2, -0.15) is 0 Å². The first-order chi connectivity index (χ1) is 12.5. The van der Waals surface area contributed by atoms with Crippen LogP contribution in [-0.2, 0) is 28.0 Å². The Hall–Kier alpha value is -2.38. The molecule has 0 bridgehead atoms. The summed E-state index contributed by atoms with van der Waals surface area (Å²) < 4.78 is 1.87. The van der Waals surface area contributed by atoms with E-state index in [-0.39, 0.29) is 23.6 Å². The summed E-state index contributed by atoms with van der Waals surface area (Å²) in [5.74, 6) is 0.909. The lowest BCUT2D eigenvalue weighted by molar-refractivity contribution is -0.138. The van der Waals surface area contributed by atoms with Crippen LogP contribution in [0.15, 0.2) is 12.4 Å². The second-order valence-electron chi connectivity index (χ2n) is 7.09. The van der Waals surface area contributed by atoms with Crippen LogP contribution in [0.2, 0.25) is 0 Å². The van der Waals surface area contributed by atoms with E-state index in [1.54, 1.807) is 11.1 Å². The molecule has 0 radical (unpaired) electrons. The maximum Gasteiger partial charge on any atom is 0.225 e. The fourth-order valence-corrected chi connectivity index (χ4v) is 3.62. The van der Waals surface area contributed by atoms with Crippen LogP contribution in [-0.4, -0.2) is 63.3 Å². The summed E-state index contributed by atoms with van der Waals surface area (Å²) in [4.78, 5) is 44.1. The monoisotopic (exact) mass is 361 g/mol. The van der Waals surface area contributed by atoms with Crippen molar-refractivity contribution >= 4 is 17.7 Å². The van der Waals surface area contributed by atoms with Crippen molar-refractivity contribution < 1.29 is 14.4 Å². The number of nitrogens with zero attached hydrogens (tertiary/aromatic N) is 4. The number of hydrogen-bond acceptors (Lipinski definition) is 4. The number of carbonyl (C=O) groups is 3. The SMILES string of the molecule is Cn1ccnc1CNC(=O)[C@@H]1CCC(=O)N(CCCN2CCCC2=O)C1. The molecule has 2 aliphatic heterocycles. The number of hydrogen-bond donors (Lipinski definition) is 1. The predicted octanol–water partition coefficient (Wildman–Crippen LogP) is 0.287. The summed E-state index contributed by atoms with van der Waals surface area (Å²) in [6, 6.07) is 0. The third-order valence-electron chi connectivity index (χ3n) is 5.24. The number of aryl methyl sites for hydroxylation is 1. The third kappa shape index (κ3) is 4.42. The highest BCUT2D eigenvalue weighted by molar-refractivity contribution is 5.83. The molecular formula is C18H27N5O3. The van der Waals surface area contributed by atoms with Gasteiger partial charge < -0.3 is 19.7 Å². The van der Waals surface area contributed by atoms with Crippen LogP contribution >= 0.6 is 0 Å². The number of likely N-dealkylation sites (tertiary alicyclic amines) is 2. The largest absolute Gasteiger partial charge is 0.349 e. The molecule has 1 N–H and O–H groups in total. The van der Waals surface area contributed by atoms with Crippen LogP contribution in [0.3, 0.4) is 0 Å². The van der Waals surface area contributed by atoms with Crippen molar-refractivity contribution in [3.63, 3.8) is 0 Å². The molecule has 3 rings (SSSR count). The summed E-state index contributed by atoms with van der Waals surface area (Å²) in [6.07, 6.45) is 6.87. The molecule has 142 valence electrons. The number of piperidine rings is 1. The van der Waals surface area contributed by atoms with Gasteiger partial charge >= 0.3 is 0 Å². The minimum absolute atomic E-state index is 0.0276. The quantitative estimate of drug-likeness (QED) is 0.756. The first-order valence-electron chi connectivity index (χ1n) is 9.34. The number of rotatable bonds is 7. The molecule has 8 nitrogen and oxygen atoms in total. The number of nitrogens with one attached hydrogen (secondary N) is 1. The van der Waals surface area contributed by atoms with Gasteiger partial charge in [0.05, 0.1) is 12.5 Å². The van der Waals surface area contributed by atoms with Crippen molar-refractivity contribution in [2.45, 2.75) is 38.6 Å². The second-order valence-corrected chi connectivity index (χ2v) is 7.09. The molecule has 1 atom stereocenters. The van der Waals surface area contributed by atoms with E-state index in [0.29, 0.717) is 45.4 Å². The minimum atomic E-state index is -0.179. The van der Waals surface area contributed by atoms with E-state index in [1.165, 1.54) is 0 Å². The maximum atomic E-state index is 12.4. The summed E-state index contributed by atoms with van der Waals surface area (Å²) in [5, 5.41) is 2.92. The lowest BCUT2D eigenvalue weighted by Gasteiger charge is -2.32. The van der Waals surface area contributed by atoms with Crippen molar-refractivity contribution in [3.8, 4) is 0 Å². The molecule has 0 unspecified atom stereocenters. The lowest BCUT2D eigenvalue weighted by Crippen LogP contribution is -2.46. The van der Waals surface area contributed by atoms with Gasteiger partial charge in [-0.05, 0) is 19.3 Å². The third-order valence-corrected chi connectivity index (χ3v) is 5.24. The standard InChI is InChI=1S/C18H27N5O3/c1-21-11-7-19-15(21)12-20-18(26)14-5-6-17(25)23(13-14)10-3-9-22-8-2-4-16(22)24/h7,11,14H,2-6,8-10,12-13H2,1H3,(H,20,26)/t14-/m1/s1. The van der Waals surface area contributed by atoms with E-state index < -0.39 is 0 Å². The Labute approximate surface area is 153 Å². The number of carbonyl (C=O) groups excluding carboxylic acids is 3. The molecule has 3 heterocycles. The minimum Gasteiger partial charge on any atom is -0.349 e. The highest BCUT2D eigenvalue weighted by Crippen LogP contribution is 2.19. The predicted molar refractivity (Wildman–Crippen MR) is 94.8 cm³/mol. The van der Waals surface area contributed by atoms with Crippen LogP contribution in [0.5, 0.6) is 0 Å². The fraction of sp³-hybridized carbons (Fsp3) is 0.667. The molecule has 0 spiro atoms. The van der Waals surface area contributed by atoms with Gasteiger partial charge in [0.25, 0.3) is 0 Å². The zero-order chi connectivity index (χ0) is 18.5. The van der Waals surface area contributed by atoms with Crippen LogP contribution in [0.1, 0.15) is 37.9 Å². The van der Waals surface area contributed by atoms with Gasteiger partial charge in [0.2, 0.25) is 17.7 Å². The molecule has 0 aromatic carbocycles. The van der Waals surface area contributed by atoms with Gasteiger partial charge in [0, 0.05) is 58.5 Å². The molecule has 0 aliphatic carbocycles. The smallest absolute Gasteiger partial charge is 0.225 e. The first kappa shape index (κ1) is 18.4. The molecule has 2 fully saturated rings. The normalized spacial score (nSPS) is 20.7. The van der Waals surface area contributed by atoms with Crippen LogP contribution in [0.4, 0.5) is 0 Å². The molecular weight excluding hydrogens is 334 g/mol. The number of imidazole rings is 1. The van der Waals surface area contributed by atoms with Gasteiger partial charge in [0.1, 0.15) is 5.82 Å². The Morgan fingerprint density at radius 2 is 2.00 bits per heavy atom. The van der Waals surface area contributed by atoms with E-state index in [2.05, 4.69) is 10.3 Å². The Bertz CT molecular complexity index is 672. The van der Waals surface area contributed by atoms with Crippen LogP contribution < -0.4 is 5.32 Å². The lowest BCUT2D eigenvalue weighted by atomic mass is 9.96.